The molecule has 0 unspecified atom stereocenters. The minimum absolute atomic E-state index is 0.330. The molecule has 3 aromatic rings. The van der Waals surface area contributed by atoms with Crippen LogP contribution in [0.25, 0.3) is 17.3 Å². The van der Waals surface area contributed by atoms with Crippen molar-refractivity contribution in [3.63, 3.8) is 0 Å². The number of hydrogen-bond acceptors (Lipinski definition) is 8. The van der Waals surface area contributed by atoms with Gasteiger partial charge in [0.25, 0.3) is 0 Å². The molecule has 1 aromatic heterocycles. The summed E-state index contributed by atoms with van der Waals surface area (Å²) < 4.78 is 23.8. The molecule has 9 nitrogen and oxygen atoms in total. The number of aromatic nitrogens is 3. The van der Waals surface area contributed by atoms with Gasteiger partial charge in [-0.15, -0.1) is 10.2 Å². The number of nitriles is 1. The molecule has 1 fully saturated rings. The van der Waals surface area contributed by atoms with Crippen molar-refractivity contribution in [2.45, 2.75) is 0 Å². The van der Waals surface area contributed by atoms with Crippen LogP contribution in [0.1, 0.15) is 11.4 Å². The van der Waals surface area contributed by atoms with Crippen LogP contribution in [0.4, 0.5) is 5.95 Å². The summed E-state index contributed by atoms with van der Waals surface area (Å²) in [6.45, 7) is 2.61. The predicted octanol–water partition coefficient (Wildman–Crippen LogP) is 3.19. The zero-order chi connectivity index (χ0) is 23.2. The van der Waals surface area contributed by atoms with Crippen LogP contribution in [0, 0.1) is 11.3 Å². The van der Waals surface area contributed by atoms with Crippen LogP contribution >= 0.6 is 0 Å². The van der Waals surface area contributed by atoms with Gasteiger partial charge in [-0.2, -0.15) is 5.26 Å². The number of para-hydroxylation sites is 1. The van der Waals surface area contributed by atoms with Gasteiger partial charge in [-0.3, -0.25) is 4.57 Å². The third-order valence-electron chi connectivity index (χ3n) is 5.35. The van der Waals surface area contributed by atoms with Gasteiger partial charge in [-0.05, 0) is 30.3 Å². The molecule has 0 bridgehead atoms. The number of rotatable bonds is 7. The van der Waals surface area contributed by atoms with Crippen molar-refractivity contribution in [3.05, 3.63) is 53.9 Å². The second-order valence-corrected chi connectivity index (χ2v) is 7.19. The van der Waals surface area contributed by atoms with Crippen LogP contribution in [0.15, 0.2) is 42.5 Å². The average Bonchev–Trinajstić information content (AvgIpc) is 3.32. The fraction of sp³-hybridized carbons (Fsp3) is 0.292. The van der Waals surface area contributed by atoms with Crippen molar-refractivity contribution >= 4 is 17.6 Å². The Labute approximate surface area is 192 Å². The number of benzene rings is 2. The maximum atomic E-state index is 10.1. The largest absolute Gasteiger partial charge is 0.493 e. The highest BCUT2D eigenvalue weighted by Crippen LogP contribution is 2.41. The van der Waals surface area contributed by atoms with Gasteiger partial charge in [-0.25, -0.2) is 0 Å². The molecular formula is C24H25N5O4. The van der Waals surface area contributed by atoms with Gasteiger partial charge in [0.15, 0.2) is 17.3 Å². The van der Waals surface area contributed by atoms with E-state index in [0.29, 0.717) is 66.5 Å². The summed E-state index contributed by atoms with van der Waals surface area (Å²) in [5.74, 6) is 2.54. The molecule has 0 N–H and O–H groups in total. The zero-order valence-corrected chi connectivity index (χ0v) is 18.8. The first-order chi connectivity index (χ1) is 16.2. The number of ether oxygens (including phenoxy) is 4. The SMILES string of the molecule is COc1ccc(C=C(C#N)c2nnc(N3CCOCC3)n2-c2ccccc2)c(OC)c1OC. The number of allylic oxidation sites excluding steroid dienone is 1. The van der Waals surface area contributed by atoms with E-state index in [1.54, 1.807) is 33.5 Å². The van der Waals surface area contributed by atoms with Gasteiger partial charge in [0.2, 0.25) is 11.7 Å². The maximum absolute atomic E-state index is 10.1. The number of morpholine rings is 1. The zero-order valence-electron chi connectivity index (χ0n) is 18.8. The van der Waals surface area contributed by atoms with E-state index in [1.165, 1.54) is 0 Å². The Hall–Kier alpha value is -4.03. The molecule has 1 aliphatic rings. The van der Waals surface area contributed by atoms with E-state index >= 15 is 0 Å². The van der Waals surface area contributed by atoms with E-state index in [0.717, 1.165) is 5.69 Å². The quantitative estimate of drug-likeness (QED) is 0.510. The Balaban J connectivity index is 1.87. The average molecular weight is 447 g/mol. The fourth-order valence-electron chi connectivity index (χ4n) is 3.77. The fourth-order valence-corrected chi connectivity index (χ4v) is 3.77. The smallest absolute Gasteiger partial charge is 0.232 e. The van der Waals surface area contributed by atoms with E-state index in [1.807, 2.05) is 41.0 Å². The number of anilines is 1. The van der Waals surface area contributed by atoms with E-state index in [4.69, 9.17) is 18.9 Å². The lowest BCUT2D eigenvalue weighted by Crippen LogP contribution is -2.38. The van der Waals surface area contributed by atoms with Crippen molar-refractivity contribution in [3.8, 4) is 29.0 Å². The van der Waals surface area contributed by atoms with Crippen LogP contribution in [-0.4, -0.2) is 62.4 Å². The molecule has 0 spiro atoms. The van der Waals surface area contributed by atoms with Crippen molar-refractivity contribution in [2.24, 2.45) is 0 Å². The Kier molecular flexibility index (Phi) is 6.76. The highest BCUT2D eigenvalue weighted by molar-refractivity contribution is 5.90. The van der Waals surface area contributed by atoms with Crippen LogP contribution in [0.5, 0.6) is 17.2 Å². The first kappa shape index (κ1) is 22.2. The first-order valence-electron chi connectivity index (χ1n) is 10.5. The van der Waals surface area contributed by atoms with Gasteiger partial charge in [0, 0.05) is 18.7 Å². The summed E-state index contributed by atoms with van der Waals surface area (Å²) in [5, 5.41) is 18.9. The Morgan fingerprint density at radius 3 is 2.33 bits per heavy atom. The number of nitrogens with zero attached hydrogens (tertiary/aromatic N) is 5. The predicted molar refractivity (Wildman–Crippen MR) is 124 cm³/mol. The van der Waals surface area contributed by atoms with E-state index in [-0.39, 0.29) is 0 Å². The molecule has 2 aromatic carbocycles. The number of hydrogen-bond donors (Lipinski definition) is 0. The highest BCUT2D eigenvalue weighted by atomic mass is 16.5. The second kappa shape index (κ2) is 10.1. The lowest BCUT2D eigenvalue weighted by molar-refractivity contribution is 0.122. The molecule has 0 radical (unpaired) electrons. The topological polar surface area (TPSA) is 94.7 Å². The van der Waals surface area contributed by atoms with Gasteiger partial charge in [-0.1, -0.05) is 18.2 Å². The molecule has 0 atom stereocenters. The summed E-state index contributed by atoms with van der Waals surface area (Å²) in [4.78, 5) is 2.11. The molecule has 1 saturated heterocycles. The summed E-state index contributed by atoms with van der Waals surface area (Å²) in [6.07, 6.45) is 1.72. The lowest BCUT2D eigenvalue weighted by Gasteiger charge is -2.28. The molecule has 170 valence electrons. The number of methoxy groups -OCH3 is 3. The maximum Gasteiger partial charge on any atom is 0.232 e. The molecule has 0 amide bonds. The summed E-state index contributed by atoms with van der Waals surface area (Å²) in [6, 6.07) is 15.6. The summed E-state index contributed by atoms with van der Waals surface area (Å²) in [7, 11) is 4.65. The Morgan fingerprint density at radius 2 is 1.70 bits per heavy atom. The lowest BCUT2D eigenvalue weighted by atomic mass is 10.1. The van der Waals surface area contributed by atoms with E-state index in [9.17, 15) is 5.26 Å². The van der Waals surface area contributed by atoms with Crippen molar-refractivity contribution in [1.29, 1.82) is 5.26 Å². The van der Waals surface area contributed by atoms with Gasteiger partial charge in [0.05, 0.1) is 45.8 Å². The van der Waals surface area contributed by atoms with Gasteiger partial charge >= 0.3 is 0 Å². The molecular weight excluding hydrogens is 422 g/mol. The van der Waals surface area contributed by atoms with Gasteiger partial charge < -0.3 is 23.8 Å². The Morgan fingerprint density at radius 1 is 0.970 bits per heavy atom. The standard InChI is InChI=1S/C24H25N5O4/c1-30-20-10-9-17(21(31-2)22(20)32-3)15-18(16-25)23-26-27-24(28-11-13-33-14-12-28)29(23)19-7-5-4-6-8-19/h4-10,15H,11-14H2,1-3H3. The molecule has 2 heterocycles. The summed E-state index contributed by atoms with van der Waals surface area (Å²) >= 11 is 0. The Bertz CT molecular complexity index is 1180. The van der Waals surface area contributed by atoms with Crippen molar-refractivity contribution in [2.75, 3.05) is 52.5 Å². The molecule has 0 saturated carbocycles. The minimum atomic E-state index is 0.330. The van der Waals surface area contributed by atoms with Crippen molar-refractivity contribution in [1.82, 2.24) is 14.8 Å². The summed E-state index contributed by atoms with van der Waals surface area (Å²) in [5.41, 5.74) is 1.85. The third kappa shape index (κ3) is 4.33. The normalized spacial score (nSPS) is 14.0. The third-order valence-corrected chi connectivity index (χ3v) is 5.35. The first-order valence-corrected chi connectivity index (χ1v) is 10.5. The van der Waals surface area contributed by atoms with Crippen LogP contribution in [0.3, 0.4) is 0 Å². The second-order valence-electron chi connectivity index (χ2n) is 7.19. The monoisotopic (exact) mass is 447 g/mol. The highest BCUT2D eigenvalue weighted by Gasteiger charge is 2.24. The minimum Gasteiger partial charge on any atom is -0.493 e. The molecule has 4 rings (SSSR count). The van der Waals surface area contributed by atoms with Crippen molar-refractivity contribution < 1.29 is 18.9 Å². The molecule has 0 aliphatic carbocycles. The van der Waals surface area contributed by atoms with Crippen LogP contribution < -0.4 is 19.1 Å². The van der Waals surface area contributed by atoms with E-state index in [2.05, 4.69) is 21.2 Å². The molecule has 9 heteroatoms. The molecule has 33 heavy (non-hydrogen) atoms. The van der Waals surface area contributed by atoms with Gasteiger partial charge in [0.1, 0.15) is 6.07 Å². The van der Waals surface area contributed by atoms with Crippen LogP contribution in [0.2, 0.25) is 0 Å². The molecule has 1 aliphatic heterocycles. The van der Waals surface area contributed by atoms with Crippen LogP contribution in [-0.2, 0) is 4.74 Å². The van der Waals surface area contributed by atoms with E-state index < -0.39 is 0 Å².